The molecule has 2 rings (SSSR count). The summed E-state index contributed by atoms with van der Waals surface area (Å²) in [5.41, 5.74) is 7.97. The second-order valence-corrected chi connectivity index (χ2v) is 6.66. The van der Waals surface area contributed by atoms with Gasteiger partial charge in [-0.15, -0.1) is 0 Å². The molecule has 2 aromatic rings. The predicted octanol–water partition coefficient (Wildman–Crippen LogP) is 2.97. The minimum Gasteiger partial charge on any atom is -0.329 e. The molecule has 0 saturated heterocycles. The SMILES string of the molecule is CN(C)C(CN)Cc1ccc2c(cnn2SI)c1Cl. The molecule has 1 aromatic heterocycles. The van der Waals surface area contributed by atoms with E-state index < -0.39 is 0 Å². The second-order valence-electron chi connectivity index (χ2n) is 4.62. The van der Waals surface area contributed by atoms with Crippen LogP contribution in [0.4, 0.5) is 0 Å². The molecule has 0 amide bonds. The second kappa shape index (κ2) is 6.62. The van der Waals surface area contributed by atoms with Crippen LogP contribution in [0.3, 0.4) is 0 Å². The lowest BCUT2D eigenvalue weighted by Gasteiger charge is -2.23. The molecule has 0 radical (unpaired) electrons. The van der Waals surface area contributed by atoms with E-state index in [1.807, 2.05) is 24.4 Å². The van der Waals surface area contributed by atoms with E-state index in [0.717, 1.165) is 27.9 Å². The van der Waals surface area contributed by atoms with Crippen LogP contribution >= 0.6 is 41.9 Å². The van der Waals surface area contributed by atoms with Gasteiger partial charge >= 0.3 is 0 Å². The number of hydrogen-bond acceptors (Lipinski definition) is 4. The Bertz CT molecular complexity index is 572. The van der Waals surface area contributed by atoms with Crippen molar-refractivity contribution in [3.63, 3.8) is 0 Å². The highest BCUT2D eigenvalue weighted by Crippen LogP contribution is 2.31. The molecule has 0 bridgehead atoms. The third-order valence-electron chi connectivity index (χ3n) is 3.26. The van der Waals surface area contributed by atoms with Gasteiger partial charge in [0.25, 0.3) is 0 Å². The van der Waals surface area contributed by atoms with Crippen LogP contribution in [-0.4, -0.2) is 40.8 Å². The van der Waals surface area contributed by atoms with Gasteiger partial charge in [-0.05, 0) is 32.1 Å². The maximum atomic E-state index is 6.49. The largest absolute Gasteiger partial charge is 0.329 e. The number of nitrogens with zero attached hydrogens (tertiary/aromatic N) is 3. The monoisotopic (exact) mass is 410 g/mol. The Kier molecular flexibility index (Phi) is 5.36. The molecule has 1 heterocycles. The van der Waals surface area contributed by atoms with Crippen molar-refractivity contribution in [2.45, 2.75) is 12.5 Å². The van der Waals surface area contributed by atoms with E-state index in [1.165, 1.54) is 9.12 Å². The van der Waals surface area contributed by atoms with Crippen molar-refractivity contribution >= 4 is 52.8 Å². The molecule has 0 spiro atoms. The van der Waals surface area contributed by atoms with Crippen molar-refractivity contribution in [2.75, 3.05) is 20.6 Å². The first-order valence-corrected chi connectivity index (χ1v) is 9.58. The van der Waals surface area contributed by atoms with Gasteiger partial charge in [0.2, 0.25) is 0 Å². The molecule has 0 aliphatic heterocycles. The zero-order valence-electron chi connectivity index (χ0n) is 10.8. The van der Waals surface area contributed by atoms with E-state index in [1.54, 1.807) is 0 Å². The molecule has 0 aliphatic rings. The first kappa shape index (κ1) is 15.4. The summed E-state index contributed by atoms with van der Waals surface area (Å²) in [6, 6.07) is 4.43. The fraction of sp³-hybridized carbons (Fsp3) is 0.417. The normalized spacial score (nSPS) is 13.4. The summed E-state index contributed by atoms with van der Waals surface area (Å²) >= 11 is 8.70. The molecule has 1 aromatic carbocycles. The number of aromatic nitrogens is 2. The summed E-state index contributed by atoms with van der Waals surface area (Å²) in [4.78, 5) is 2.13. The molecule has 0 aliphatic carbocycles. The molecule has 0 saturated carbocycles. The Morgan fingerprint density at radius 2 is 2.26 bits per heavy atom. The Balaban J connectivity index is 2.37. The van der Waals surface area contributed by atoms with Crippen molar-refractivity contribution in [3.8, 4) is 0 Å². The number of fused-ring (bicyclic) bond motifs is 1. The van der Waals surface area contributed by atoms with Crippen molar-refractivity contribution in [1.29, 1.82) is 0 Å². The van der Waals surface area contributed by atoms with Gasteiger partial charge in [-0.1, -0.05) is 17.7 Å². The van der Waals surface area contributed by atoms with Gasteiger partial charge in [0.1, 0.15) is 0 Å². The van der Waals surface area contributed by atoms with E-state index in [-0.39, 0.29) is 0 Å². The molecule has 1 atom stereocenters. The first-order chi connectivity index (χ1) is 9.08. The summed E-state index contributed by atoms with van der Waals surface area (Å²) in [5, 5.41) is 6.09. The molecule has 2 N–H and O–H groups in total. The molecule has 104 valence electrons. The van der Waals surface area contributed by atoms with Crippen molar-refractivity contribution in [1.82, 2.24) is 14.1 Å². The van der Waals surface area contributed by atoms with E-state index in [9.17, 15) is 0 Å². The summed E-state index contributed by atoms with van der Waals surface area (Å²) in [5.74, 6) is 0. The van der Waals surface area contributed by atoms with Crippen LogP contribution in [0, 0.1) is 0 Å². The zero-order chi connectivity index (χ0) is 14.0. The van der Waals surface area contributed by atoms with Gasteiger partial charge in [-0.3, -0.25) is 0 Å². The summed E-state index contributed by atoms with van der Waals surface area (Å²) in [7, 11) is 5.60. The average Bonchev–Trinajstić information content (AvgIpc) is 2.81. The van der Waals surface area contributed by atoms with Crippen molar-refractivity contribution < 1.29 is 0 Å². The zero-order valence-corrected chi connectivity index (χ0v) is 14.5. The van der Waals surface area contributed by atoms with Crippen LogP contribution in [0.5, 0.6) is 0 Å². The highest BCUT2D eigenvalue weighted by Gasteiger charge is 2.15. The molecule has 1 unspecified atom stereocenters. The molecular formula is C12H16ClIN4S. The van der Waals surface area contributed by atoms with Crippen LogP contribution < -0.4 is 5.73 Å². The summed E-state index contributed by atoms with van der Waals surface area (Å²) < 4.78 is 1.86. The quantitative estimate of drug-likeness (QED) is 0.770. The van der Waals surface area contributed by atoms with Gasteiger partial charge < -0.3 is 10.6 Å². The van der Waals surface area contributed by atoms with Gasteiger partial charge in [0, 0.05) is 48.3 Å². The lowest BCUT2D eigenvalue weighted by molar-refractivity contribution is 0.298. The van der Waals surface area contributed by atoms with Crippen LogP contribution in [-0.2, 0) is 6.42 Å². The number of nitrogens with two attached hydrogens (primary N) is 1. The average molecular weight is 411 g/mol. The highest BCUT2D eigenvalue weighted by molar-refractivity contribution is 14.2. The lowest BCUT2D eigenvalue weighted by Crippen LogP contribution is -2.36. The Hall–Kier alpha value is -0.0200. The third-order valence-corrected chi connectivity index (χ3v) is 5.25. The van der Waals surface area contributed by atoms with Gasteiger partial charge in [0.15, 0.2) is 0 Å². The number of rotatable bonds is 5. The number of halogens is 2. The summed E-state index contributed by atoms with van der Waals surface area (Å²) in [6.45, 7) is 0.615. The third kappa shape index (κ3) is 3.18. The van der Waals surface area contributed by atoms with Crippen molar-refractivity contribution in [2.24, 2.45) is 5.73 Å². The van der Waals surface area contributed by atoms with Crippen LogP contribution in [0.25, 0.3) is 10.9 Å². The van der Waals surface area contributed by atoms with E-state index in [2.05, 4.69) is 43.3 Å². The molecule has 0 fully saturated rings. The number of hydrogen-bond donors (Lipinski definition) is 1. The van der Waals surface area contributed by atoms with Crippen molar-refractivity contribution in [3.05, 3.63) is 28.9 Å². The van der Waals surface area contributed by atoms with Crippen LogP contribution in [0.15, 0.2) is 18.3 Å². The smallest absolute Gasteiger partial charge is 0.0835 e. The first-order valence-electron chi connectivity index (χ1n) is 5.89. The topological polar surface area (TPSA) is 47.1 Å². The summed E-state index contributed by atoms with van der Waals surface area (Å²) in [6.07, 6.45) is 2.67. The fourth-order valence-corrected chi connectivity index (χ4v) is 3.58. The standard InChI is InChI=1S/C12H16ClIN4S/c1-17(2)9(6-15)5-8-3-4-11-10(12(8)13)7-16-18(11)19-14/h3-4,7,9H,5-6,15H2,1-2H3. The van der Waals surface area contributed by atoms with Gasteiger partial charge in [0.05, 0.1) is 16.7 Å². The van der Waals surface area contributed by atoms with Gasteiger partial charge in [-0.25, -0.2) is 0 Å². The van der Waals surface area contributed by atoms with Crippen LogP contribution in [0.1, 0.15) is 5.56 Å². The minimum absolute atomic E-state index is 0.295. The Morgan fingerprint density at radius 3 is 2.84 bits per heavy atom. The van der Waals surface area contributed by atoms with Crippen LogP contribution in [0.2, 0.25) is 5.02 Å². The number of benzene rings is 1. The van der Waals surface area contributed by atoms with Gasteiger partial charge in [-0.2, -0.15) is 9.19 Å². The highest BCUT2D eigenvalue weighted by atomic mass is 127. The van der Waals surface area contributed by atoms with E-state index >= 15 is 0 Å². The Labute approximate surface area is 134 Å². The maximum absolute atomic E-state index is 6.49. The number of likely N-dealkylation sites (N-methyl/N-ethyl adjacent to an activating group) is 1. The lowest BCUT2D eigenvalue weighted by atomic mass is 10.0. The molecule has 7 heteroatoms. The maximum Gasteiger partial charge on any atom is 0.0835 e. The molecular weight excluding hydrogens is 395 g/mol. The van der Waals surface area contributed by atoms with E-state index in [0.29, 0.717) is 12.6 Å². The predicted molar refractivity (Wildman–Crippen MR) is 92.0 cm³/mol. The fourth-order valence-electron chi connectivity index (χ4n) is 2.03. The molecule has 19 heavy (non-hydrogen) atoms. The molecule has 4 nitrogen and oxygen atoms in total. The van der Waals surface area contributed by atoms with E-state index in [4.69, 9.17) is 17.3 Å². The Morgan fingerprint density at radius 1 is 1.53 bits per heavy atom. The minimum atomic E-state index is 0.295.